The molecular formula is C13H16N4O4. The first kappa shape index (κ1) is 14.7. The number of hydrazine groups is 1. The van der Waals surface area contributed by atoms with Crippen molar-refractivity contribution in [3.8, 4) is 28.5 Å². The molecular weight excluding hydrogens is 276 g/mol. The predicted octanol–water partition coefficient (Wildman–Crippen LogP) is 0.706. The zero-order valence-corrected chi connectivity index (χ0v) is 11.9. The number of ether oxygens (including phenoxy) is 3. The van der Waals surface area contributed by atoms with Gasteiger partial charge in [0.05, 0.1) is 27.0 Å². The Morgan fingerprint density at radius 1 is 1.14 bits per heavy atom. The summed E-state index contributed by atoms with van der Waals surface area (Å²) in [5, 5.41) is 6.67. The normalized spacial score (nSPS) is 10.1. The smallest absolute Gasteiger partial charge is 0.283 e. The van der Waals surface area contributed by atoms with Crippen molar-refractivity contribution in [1.29, 1.82) is 0 Å². The summed E-state index contributed by atoms with van der Waals surface area (Å²) in [7, 11) is 4.58. The summed E-state index contributed by atoms with van der Waals surface area (Å²) < 4.78 is 15.8. The van der Waals surface area contributed by atoms with Gasteiger partial charge in [0.2, 0.25) is 5.75 Å². The van der Waals surface area contributed by atoms with Gasteiger partial charge in [-0.2, -0.15) is 5.10 Å². The van der Waals surface area contributed by atoms with Crippen LogP contribution in [0.1, 0.15) is 10.5 Å². The molecule has 0 saturated carbocycles. The first-order chi connectivity index (χ1) is 10.1. The Labute approximate surface area is 121 Å². The van der Waals surface area contributed by atoms with Gasteiger partial charge in [0.1, 0.15) is 5.69 Å². The summed E-state index contributed by atoms with van der Waals surface area (Å²) in [5.41, 5.74) is 3.54. The van der Waals surface area contributed by atoms with Crippen LogP contribution in [-0.4, -0.2) is 37.4 Å². The van der Waals surface area contributed by atoms with Crippen molar-refractivity contribution in [1.82, 2.24) is 15.6 Å². The number of nitrogens with zero attached hydrogens (tertiary/aromatic N) is 1. The maximum absolute atomic E-state index is 11.4. The average molecular weight is 292 g/mol. The quantitative estimate of drug-likeness (QED) is 0.425. The van der Waals surface area contributed by atoms with Crippen LogP contribution < -0.4 is 25.5 Å². The fraction of sp³-hybridized carbons (Fsp3) is 0.231. The maximum atomic E-state index is 11.4. The van der Waals surface area contributed by atoms with Crippen molar-refractivity contribution in [2.75, 3.05) is 21.3 Å². The molecule has 4 N–H and O–H groups in total. The van der Waals surface area contributed by atoms with Gasteiger partial charge in [-0.3, -0.25) is 15.3 Å². The predicted molar refractivity (Wildman–Crippen MR) is 75.3 cm³/mol. The van der Waals surface area contributed by atoms with Gasteiger partial charge in [0.15, 0.2) is 11.5 Å². The number of aromatic amines is 1. The number of amides is 1. The second-order valence-corrected chi connectivity index (χ2v) is 4.05. The van der Waals surface area contributed by atoms with Crippen LogP contribution in [0.5, 0.6) is 17.2 Å². The minimum absolute atomic E-state index is 0.251. The van der Waals surface area contributed by atoms with Crippen molar-refractivity contribution >= 4 is 5.91 Å². The summed E-state index contributed by atoms with van der Waals surface area (Å²) in [6.45, 7) is 0. The number of nitrogen functional groups attached to an aromatic ring is 1. The minimum atomic E-state index is -0.457. The fourth-order valence-electron chi connectivity index (χ4n) is 1.89. The van der Waals surface area contributed by atoms with Crippen LogP contribution in [0, 0.1) is 0 Å². The van der Waals surface area contributed by atoms with E-state index in [1.165, 1.54) is 21.3 Å². The monoisotopic (exact) mass is 292 g/mol. The molecule has 1 amide bonds. The molecule has 0 bridgehead atoms. The molecule has 8 nitrogen and oxygen atoms in total. The van der Waals surface area contributed by atoms with Crippen LogP contribution in [0.15, 0.2) is 18.2 Å². The van der Waals surface area contributed by atoms with E-state index in [0.29, 0.717) is 28.5 Å². The van der Waals surface area contributed by atoms with Crippen molar-refractivity contribution in [3.05, 3.63) is 23.9 Å². The maximum Gasteiger partial charge on any atom is 0.283 e. The summed E-state index contributed by atoms with van der Waals surface area (Å²) in [5.74, 6) is 6.10. The standard InChI is InChI=1S/C13H16N4O4/c1-19-10-4-7(5-11(20-2)12(10)21-3)8-6-9(17-16-8)13(18)15-14/h4-6H,14H2,1-3H3,(H,15,18)(H,16,17). The number of H-pyrrole nitrogens is 1. The van der Waals surface area contributed by atoms with E-state index in [1.807, 2.05) is 5.43 Å². The molecule has 2 rings (SSSR count). The number of carbonyl (C=O) groups excluding carboxylic acids is 1. The highest BCUT2D eigenvalue weighted by atomic mass is 16.5. The number of methoxy groups -OCH3 is 3. The van der Waals surface area contributed by atoms with Gasteiger partial charge in [0, 0.05) is 5.56 Å². The Morgan fingerprint density at radius 2 is 1.76 bits per heavy atom. The zero-order chi connectivity index (χ0) is 15.4. The molecule has 0 aliphatic rings. The molecule has 112 valence electrons. The van der Waals surface area contributed by atoms with Gasteiger partial charge in [-0.1, -0.05) is 0 Å². The molecule has 0 saturated heterocycles. The summed E-state index contributed by atoms with van der Waals surface area (Å²) in [4.78, 5) is 11.4. The van der Waals surface area contributed by atoms with Crippen molar-refractivity contribution in [2.45, 2.75) is 0 Å². The highest BCUT2D eigenvalue weighted by Crippen LogP contribution is 2.40. The molecule has 0 fully saturated rings. The molecule has 0 unspecified atom stereocenters. The van der Waals surface area contributed by atoms with E-state index in [0.717, 1.165) is 0 Å². The number of nitrogens with one attached hydrogen (secondary N) is 2. The van der Waals surface area contributed by atoms with E-state index < -0.39 is 5.91 Å². The number of nitrogens with two attached hydrogens (primary N) is 1. The molecule has 0 radical (unpaired) electrons. The Hall–Kier alpha value is -2.74. The Kier molecular flexibility index (Phi) is 4.29. The molecule has 0 aliphatic heterocycles. The Morgan fingerprint density at radius 3 is 2.24 bits per heavy atom. The number of hydrogen-bond donors (Lipinski definition) is 3. The molecule has 0 atom stereocenters. The summed E-state index contributed by atoms with van der Waals surface area (Å²) in [6, 6.07) is 5.05. The second-order valence-electron chi connectivity index (χ2n) is 4.05. The third-order valence-corrected chi connectivity index (χ3v) is 2.91. The van der Waals surface area contributed by atoms with Crippen LogP contribution in [0.3, 0.4) is 0 Å². The van der Waals surface area contributed by atoms with Crippen molar-refractivity contribution in [3.63, 3.8) is 0 Å². The van der Waals surface area contributed by atoms with E-state index in [9.17, 15) is 4.79 Å². The largest absolute Gasteiger partial charge is 0.493 e. The number of benzene rings is 1. The highest BCUT2D eigenvalue weighted by Gasteiger charge is 2.16. The zero-order valence-electron chi connectivity index (χ0n) is 11.9. The molecule has 1 heterocycles. The van der Waals surface area contributed by atoms with Gasteiger partial charge >= 0.3 is 0 Å². The van der Waals surface area contributed by atoms with Gasteiger partial charge in [-0.25, -0.2) is 5.84 Å². The molecule has 1 aromatic heterocycles. The lowest BCUT2D eigenvalue weighted by atomic mass is 10.1. The molecule has 0 aliphatic carbocycles. The number of rotatable bonds is 5. The number of aromatic nitrogens is 2. The number of hydrogen-bond acceptors (Lipinski definition) is 6. The number of carbonyl (C=O) groups is 1. The molecule has 2 aromatic rings. The van der Waals surface area contributed by atoms with Crippen molar-refractivity contribution < 1.29 is 19.0 Å². The van der Waals surface area contributed by atoms with Gasteiger partial charge in [-0.15, -0.1) is 0 Å². The lowest BCUT2D eigenvalue weighted by Gasteiger charge is -2.13. The lowest BCUT2D eigenvalue weighted by Crippen LogP contribution is -2.30. The third kappa shape index (κ3) is 2.75. The fourth-order valence-corrected chi connectivity index (χ4v) is 1.89. The molecule has 8 heteroatoms. The second kappa shape index (κ2) is 6.14. The topological polar surface area (TPSA) is 111 Å². The lowest BCUT2D eigenvalue weighted by molar-refractivity contribution is 0.0948. The molecule has 21 heavy (non-hydrogen) atoms. The van der Waals surface area contributed by atoms with Gasteiger partial charge < -0.3 is 14.2 Å². The highest BCUT2D eigenvalue weighted by molar-refractivity contribution is 5.93. The van der Waals surface area contributed by atoms with Gasteiger partial charge in [-0.05, 0) is 18.2 Å². The first-order valence-corrected chi connectivity index (χ1v) is 6.01. The summed E-state index contributed by atoms with van der Waals surface area (Å²) >= 11 is 0. The van der Waals surface area contributed by atoms with E-state index >= 15 is 0 Å². The minimum Gasteiger partial charge on any atom is -0.493 e. The Bertz CT molecular complexity index is 628. The molecule has 1 aromatic carbocycles. The van der Waals surface area contributed by atoms with E-state index in [1.54, 1.807) is 18.2 Å². The van der Waals surface area contributed by atoms with Crippen LogP contribution in [-0.2, 0) is 0 Å². The van der Waals surface area contributed by atoms with Crippen molar-refractivity contribution in [2.24, 2.45) is 5.84 Å². The third-order valence-electron chi connectivity index (χ3n) is 2.91. The van der Waals surface area contributed by atoms with Crippen LogP contribution >= 0.6 is 0 Å². The summed E-state index contributed by atoms with van der Waals surface area (Å²) in [6.07, 6.45) is 0. The molecule has 0 spiro atoms. The van der Waals surface area contributed by atoms with Crippen LogP contribution in [0.4, 0.5) is 0 Å². The van der Waals surface area contributed by atoms with Crippen LogP contribution in [0.2, 0.25) is 0 Å². The van der Waals surface area contributed by atoms with Crippen LogP contribution in [0.25, 0.3) is 11.3 Å². The first-order valence-electron chi connectivity index (χ1n) is 6.01. The van der Waals surface area contributed by atoms with Gasteiger partial charge in [0.25, 0.3) is 5.91 Å². The van der Waals surface area contributed by atoms with E-state index in [4.69, 9.17) is 20.1 Å². The Balaban J connectivity index is 2.49. The average Bonchev–Trinajstić information content (AvgIpc) is 3.02. The van der Waals surface area contributed by atoms with E-state index in [2.05, 4.69) is 10.2 Å². The SMILES string of the molecule is COc1cc(-c2cc(C(=O)NN)[nH]n2)cc(OC)c1OC. The van der Waals surface area contributed by atoms with E-state index in [-0.39, 0.29) is 5.69 Å².